The molecular formula is C30H34FNO2. The predicted molar refractivity (Wildman–Crippen MR) is 135 cm³/mol. The molecule has 2 heterocycles. The number of fused-ring (bicyclic) bond motifs is 1. The van der Waals surface area contributed by atoms with E-state index in [0.717, 1.165) is 73.0 Å². The summed E-state index contributed by atoms with van der Waals surface area (Å²) in [5.41, 5.74) is 3.93. The second-order valence-electron chi connectivity index (χ2n) is 9.92. The van der Waals surface area contributed by atoms with Crippen molar-refractivity contribution in [1.29, 1.82) is 0 Å². The van der Waals surface area contributed by atoms with Crippen LogP contribution in [0.3, 0.4) is 0 Å². The summed E-state index contributed by atoms with van der Waals surface area (Å²) in [5.74, 6) is 0.404. The average Bonchev–Trinajstić information content (AvgIpc) is 3.16. The molecule has 0 bridgehead atoms. The van der Waals surface area contributed by atoms with E-state index in [9.17, 15) is 9.18 Å². The summed E-state index contributed by atoms with van der Waals surface area (Å²) >= 11 is 0. The second kappa shape index (κ2) is 10.7. The lowest BCUT2D eigenvalue weighted by Crippen LogP contribution is -2.32. The number of halogens is 1. The maximum absolute atomic E-state index is 14.1. The van der Waals surface area contributed by atoms with Crippen LogP contribution in [0.1, 0.15) is 68.4 Å². The van der Waals surface area contributed by atoms with Gasteiger partial charge >= 0.3 is 0 Å². The molecule has 1 aliphatic heterocycles. The summed E-state index contributed by atoms with van der Waals surface area (Å²) in [6, 6.07) is 15.3. The fourth-order valence-corrected chi connectivity index (χ4v) is 5.76. The average molecular weight is 460 g/mol. The quantitative estimate of drug-likeness (QED) is 0.346. The number of furan rings is 1. The molecule has 1 unspecified atom stereocenters. The van der Waals surface area contributed by atoms with Crippen molar-refractivity contribution in [1.82, 2.24) is 4.90 Å². The van der Waals surface area contributed by atoms with Crippen LogP contribution in [0.25, 0.3) is 16.5 Å². The molecule has 34 heavy (non-hydrogen) atoms. The van der Waals surface area contributed by atoms with Gasteiger partial charge < -0.3 is 4.42 Å². The zero-order valence-electron chi connectivity index (χ0n) is 19.8. The molecule has 3 aromatic rings. The van der Waals surface area contributed by atoms with Crippen molar-refractivity contribution in [3.8, 4) is 0 Å². The van der Waals surface area contributed by atoms with Crippen LogP contribution in [0, 0.1) is 11.7 Å². The third-order valence-electron chi connectivity index (χ3n) is 7.69. The fourth-order valence-electron chi connectivity index (χ4n) is 5.76. The van der Waals surface area contributed by atoms with E-state index in [0.29, 0.717) is 5.78 Å². The minimum Gasteiger partial charge on any atom is -0.464 e. The highest BCUT2D eigenvalue weighted by molar-refractivity contribution is 5.90. The second-order valence-corrected chi connectivity index (χ2v) is 9.92. The van der Waals surface area contributed by atoms with Gasteiger partial charge in [0.05, 0.1) is 6.26 Å². The highest BCUT2D eigenvalue weighted by atomic mass is 19.1. The lowest BCUT2D eigenvalue weighted by atomic mass is 9.82. The normalized spacial score (nSPS) is 19.0. The van der Waals surface area contributed by atoms with Gasteiger partial charge in [-0.1, -0.05) is 62.1 Å². The van der Waals surface area contributed by atoms with Crippen molar-refractivity contribution in [2.45, 2.75) is 57.3 Å². The van der Waals surface area contributed by atoms with Gasteiger partial charge in [-0.15, -0.1) is 0 Å². The summed E-state index contributed by atoms with van der Waals surface area (Å²) in [6.45, 7) is 2.61. The van der Waals surface area contributed by atoms with Crippen LogP contribution < -0.4 is 0 Å². The maximum Gasteiger partial charge on any atom is 0.143 e. The summed E-state index contributed by atoms with van der Waals surface area (Å²) in [5, 5.41) is 0.807. The Morgan fingerprint density at radius 3 is 2.59 bits per heavy atom. The van der Waals surface area contributed by atoms with Crippen LogP contribution >= 0.6 is 0 Å². The van der Waals surface area contributed by atoms with Gasteiger partial charge in [0.1, 0.15) is 17.2 Å². The maximum atomic E-state index is 14.1. The van der Waals surface area contributed by atoms with E-state index in [1.165, 1.54) is 31.7 Å². The van der Waals surface area contributed by atoms with Gasteiger partial charge in [0, 0.05) is 35.9 Å². The molecule has 2 aliphatic rings. The first-order chi connectivity index (χ1) is 16.7. The third kappa shape index (κ3) is 5.17. The first kappa shape index (κ1) is 23.0. The van der Waals surface area contributed by atoms with E-state index in [4.69, 9.17) is 4.42 Å². The predicted octanol–water partition coefficient (Wildman–Crippen LogP) is 7.37. The lowest BCUT2D eigenvalue weighted by Gasteiger charge is -2.29. The molecule has 0 saturated heterocycles. The fraction of sp³-hybridized carbons (Fsp3) is 0.433. The Hall–Kier alpha value is -2.72. The number of carbonyl (C=O) groups excluding carboxylic acids is 1. The number of hydrogen-bond acceptors (Lipinski definition) is 3. The Bertz CT molecular complexity index is 1140. The molecule has 4 heteroatoms. The molecule has 0 N–H and O–H groups in total. The lowest BCUT2D eigenvalue weighted by molar-refractivity contribution is -0.125. The molecule has 1 saturated carbocycles. The van der Waals surface area contributed by atoms with E-state index in [1.807, 2.05) is 24.3 Å². The Morgan fingerprint density at radius 2 is 1.85 bits per heavy atom. The number of hydrogen-bond donors (Lipinski definition) is 0. The summed E-state index contributed by atoms with van der Waals surface area (Å²) < 4.78 is 19.8. The highest BCUT2D eigenvalue weighted by Crippen LogP contribution is 2.33. The van der Waals surface area contributed by atoms with E-state index in [2.05, 4.69) is 23.1 Å². The number of ketones is 1. The summed E-state index contributed by atoms with van der Waals surface area (Å²) in [4.78, 5) is 16.0. The van der Waals surface area contributed by atoms with Crippen molar-refractivity contribution < 1.29 is 13.6 Å². The number of carbonyl (C=O) groups is 1. The Morgan fingerprint density at radius 1 is 1.06 bits per heavy atom. The van der Waals surface area contributed by atoms with Crippen LogP contribution in [0.15, 0.2) is 65.3 Å². The van der Waals surface area contributed by atoms with Crippen molar-refractivity contribution in [2.24, 2.45) is 5.92 Å². The van der Waals surface area contributed by atoms with Crippen molar-refractivity contribution in [3.05, 3.63) is 77.8 Å². The largest absolute Gasteiger partial charge is 0.464 e. The van der Waals surface area contributed by atoms with Gasteiger partial charge in [0.15, 0.2) is 0 Å². The van der Waals surface area contributed by atoms with E-state index in [1.54, 1.807) is 12.3 Å². The van der Waals surface area contributed by atoms with Crippen molar-refractivity contribution in [2.75, 3.05) is 19.6 Å². The molecule has 2 aromatic carbocycles. The number of nitrogens with zero attached hydrogens (tertiary/aromatic N) is 1. The highest BCUT2D eigenvalue weighted by Gasteiger charge is 2.29. The van der Waals surface area contributed by atoms with Crippen LogP contribution in [0.4, 0.5) is 4.39 Å². The zero-order valence-corrected chi connectivity index (χ0v) is 19.8. The van der Waals surface area contributed by atoms with Gasteiger partial charge in [-0.2, -0.15) is 0 Å². The molecule has 1 atom stereocenters. The molecule has 1 aromatic heterocycles. The molecule has 178 valence electrons. The van der Waals surface area contributed by atoms with Crippen molar-refractivity contribution in [3.63, 3.8) is 0 Å². The molecule has 0 radical (unpaired) electrons. The Labute approximate surface area is 201 Å². The first-order valence-electron chi connectivity index (χ1n) is 12.9. The molecular weight excluding hydrogens is 425 g/mol. The first-order valence-corrected chi connectivity index (χ1v) is 12.9. The number of rotatable bonds is 7. The van der Waals surface area contributed by atoms with Gasteiger partial charge in [-0.05, 0) is 61.6 Å². The van der Waals surface area contributed by atoms with Gasteiger partial charge in [-0.25, -0.2) is 4.39 Å². The minimum atomic E-state index is -0.227. The third-order valence-corrected chi connectivity index (χ3v) is 7.69. The monoisotopic (exact) mass is 459 g/mol. The van der Waals surface area contributed by atoms with Crippen LogP contribution in [-0.4, -0.2) is 30.3 Å². The zero-order chi connectivity index (χ0) is 23.3. The molecule has 3 nitrogen and oxygen atoms in total. The standard InChI is InChI=1S/C30H34FNO2/c31-26-20-25-15-19-34-30(25)28(21-26)23-12-16-32(17-13-23)18-14-27(22-8-6-3-7-9-22)29(33)24-10-4-1-2-5-11-24/h3,6-9,12,15,19-21,24,27H,1-2,4-5,10-11,13-14,16-18H2. The summed E-state index contributed by atoms with van der Waals surface area (Å²) in [7, 11) is 0. The number of benzene rings is 2. The topological polar surface area (TPSA) is 33.5 Å². The molecule has 0 spiro atoms. The molecule has 1 aliphatic carbocycles. The Kier molecular flexibility index (Phi) is 7.24. The molecule has 0 amide bonds. The molecule has 5 rings (SSSR count). The van der Waals surface area contributed by atoms with Gasteiger partial charge in [-0.3, -0.25) is 9.69 Å². The smallest absolute Gasteiger partial charge is 0.143 e. The summed E-state index contributed by atoms with van der Waals surface area (Å²) in [6.07, 6.45) is 12.5. The van der Waals surface area contributed by atoms with Crippen molar-refractivity contribution >= 4 is 22.3 Å². The SMILES string of the molecule is O=C(C1CCCCCC1)C(CCN1CC=C(c2cc(F)cc3ccoc23)CC1)c1ccccc1. The minimum absolute atomic E-state index is 0.0272. The van der Waals surface area contributed by atoms with Gasteiger partial charge in [0.2, 0.25) is 0 Å². The van der Waals surface area contributed by atoms with E-state index >= 15 is 0 Å². The van der Waals surface area contributed by atoms with Crippen LogP contribution in [0.2, 0.25) is 0 Å². The van der Waals surface area contributed by atoms with E-state index in [-0.39, 0.29) is 17.7 Å². The Balaban J connectivity index is 1.27. The van der Waals surface area contributed by atoms with Gasteiger partial charge in [0.25, 0.3) is 0 Å². The number of Topliss-reactive ketones (excluding diaryl/α,β-unsaturated/α-hetero) is 1. The van der Waals surface area contributed by atoms with Crippen LogP contribution in [-0.2, 0) is 4.79 Å². The van der Waals surface area contributed by atoms with Crippen LogP contribution in [0.5, 0.6) is 0 Å². The van der Waals surface area contributed by atoms with E-state index < -0.39 is 0 Å². The molecule has 1 fully saturated rings.